The van der Waals surface area contributed by atoms with Gasteiger partial charge < -0.3 is 4.74 Å². The maximum Gasteiger partial charge on any atom is 0.240 e. The first-order chi connectivity index (χ1) is 11.1. The monoisotopic (exact) mass is 348 g/mol. The normalized spacial score (nSPS) is 11.7. The van der Waals surface area contributed by atoms with Crippen LogP contribution < -0.4 is 9.46 Å². The molecule has 0 atom stereocenters. The Morgan fingerprint density at radius 2 is 1.87 bits per heavy atom. The van der Waals surface area contributed by atoms with E-state index in [9.17, 15) is 8.42 Å². The number of thiazole rings is 1. The molecule has 2 aromatic carbocycles. The van der Waals surface area contributed by atoms with Gasteiger partial charge in [0, 0.05) is 0 Å². The zero-order valence-electron chi connectivity index (χ0n) is 12.5. The summed E-state index contributed by atoms with van der Waals surface area (Å²) in [7, 11) is -3.57. The van der Waals surface area contributed by atoms with Crippen molar-refractivity contribution in [3.8, 4) is 5.75 Å². The van der Waals surface area contributed by atoms with Gasteiger partial charge in [0.25, 0.3) is 0 Å². The van der Waals surface area contributed by atoms with Crippen molar-refractivity contribution in [2.24, 2.45) is 0 Å². The summed E-state index contributed by atoms with van der Waals surface area (Å²) in [5.41, 5.74) is 0.882. The Hall–Kier alpha value is -1.96. The highest BCUT2D eigenvalue weighted by Crippen LogP contribution is 2.22. The van der Waals surface area contributed by atoms with E-state index >= 15 is 0 Å². The highest BCUT2D eigenvalue weighted by Gasteiger charge is 2.15. The summed E-state index contributed by atoms with van der Waals surface area (Å²) >= 11 is 1.48. The molecule has 23 heavy (non-hydrogen) atoms. The van der Waals surface area contributed by atoms with Gasteiger partial charge in [-0.15, -0.1) is 11.3 Å². The van der Waals surface area contributed by atoms with E-state index in [-0.39, 0.29) is 11.4 Å². The van der Waals surface area contributed by atoms with Crippen LogP contribution in [0.4, 0.5) is 0 Å². The van der Waals surface area contributed by atoms with Crippen molar-refractivity contribution in [1.29, 1.82) is 0 Å². The number of hydrogen-bond donors (Lipinski definition) is 1. The number of benzene rings is 2. The molecule has 7 heteroatoms. The van der Waals surface area contributed by atoms with Gasteiger partial charge in [-0.05, 0) is 43.3 Å². The first kappa shape index (κ1) is 15.9. The van der Waals surface area contributed by atoms with Crippen LogP contribution in [0.25, 0.3) is 10.2 Å². The van der Waals surface area contributed by atoms with Gasteiger partial charge in [-0.25, -0.2) is 18.1 Å². The third kappa shape index (κ3) is 3.69. The third-order valence-corrected chi connectivity index (χ3v) is 5.65. The predicted octanol–water partition coefficient (Wildman–Crippen LogP) is 3.17. The fraction of sp³-hybridized carbons (Fsp3) is 0.188. The molecule has 0 bridgehead atoms. The van der Waals surface area contributed by atoms with Crippen LogP contribution in [0.2, 0.25) is 0 Å². The van der Waals surface area contributed by atoms with Gasteiger partial charge in [-0.2, -0.15) is 0 Å². The quantitative estimate of drug-likeness (QED) is 0.743. The molecule has 3 rings (SSSR count). The molecule has 0 aliphatic heterocycles. The second-order valence-electron chi connectivity index (χ2n) is 4.80. The molecule has 0 fully saturated rings. The van der Waals surface area contributed by atoms with E-state index < -0.39 is 10.0 Å². The summed E-state index contributed by atoms with van der Waals surface area (Å²) in [5.74, 6) is 0.651. The van der Waals surface area contributed by atoms with Crippen LogP contribution in [0.1, 0.15) is 11.9 Å². The van der Waals surface area contributed by atoms with Gasteiger partial charge in [-0.3, -0.25) is 0 Å². The lowest BCUT2D eigenvalue weighted by molar-refractivity contribution is 0.340. The number of aromatic nitrogens is 1. The van der Waals surface area contributed by atoms with Crippen LogP contribution >= 0.6 is 11.3 Å². The Kier molecular flexibility index (Phi) is 4.61. The Labute approximate surface area is 139 Å². The minimum Gasteiger partial charge on any atom is -0.494 e. The molecule has 0 spiro atoms. The molecule has 1 N–H and O–H groups in total. The molecule has 3 aromatic rings. The second-order valence-corrected chi connectivity index (χ2v) is 7.69. The molecule has 0 saturated heterocycles. The third-order valence-electron chi connectivity index (χ3n) is 3.20. The molecular weight excluding hydrogens is 332 g/mol. The molecule has 0 saturated carbocycles. The van der Waals surface area contributed by atoms with Crippen molar-refractivity contribution >= 4 is 31.6 Å². The zero-order chi connectivity index (χ0) is 16.3. The largest absolute Gasteiger partial charge is 0.494 e. The summed E-state index contributed by atoms with van der Waals surface area (Å²) < 4.78 is 33.6. The summed E-state index contributed by atoms with van der Waals surface area (Å²) in [5, 5.41) is 0.737. The summed E-state index contributed by atoms with van der Waals surface area (Å²) in [4.78, 5) is 4.63. The standard InChI is InChI=1S/C16H16N2O3S2/c1-2-21-12-7-9-13(10-8-12)23(19,20)17-11-16-18-14-5-3-4-6-15(14)22-16/h3-10,17H,2,11H2,1H3. The summed E-state index contributed by atoms with van der Waals surface area (Å²) in [6.07, 6.45) is 0. The zero-order valence-corrected chi connectivity index (χ0v) is 14.2. The van der Waals surface area contributed by atoms with E-state index in [2.05, 4.69) is 9.71 Å². The lowest BCUT2D eigenvalue weighted by atomic mass is 10.3. The number of fused-ring (bicyclic) bond motifs is 1. The first-order valence-corrected chi connectivity index (χ1v) is 9.45. The second kappa shape index (κ2) is 6.66. The summed E-state index contributed by atoms with van der Waals surface area (Å²) in [6.45, 7) is 2.60. The van der Waals surface area contributed by atoms with Crippen molar-refractivity contribution in [2.75, 3.05) is 6.61 Å². The Morgan fingerprint density at radius 3 is 2.57 bits per heavy atom. The van der Waals surface area contributed by atoms with Crippen LogP contribution in [-0.4, -0.2) is 20.0 Å². The van der Waals surface area contributed by atoms with Crippen LogP contribution in [0, 0.1) is 0 Å². The molecule has 1 heterocycles. The Balaban J connectivity index is 1.72. The maximum atomic E-state index is 12.3. The Morgan fingerprint density at radius 1 is 1.13 bits per heavy atom. The topological polar surface area (TPSA) is 68.3 Å². The van der Waals surface area contributed by atoms with E-state index in [4.69, 9.17) is 4.74 Å². The minimum absolute atomic E-state index is 0.175. The van der Waals surface area contributed by atoms with Crippen molar-refractivity contribution in [1.82, 2.24) is 9.71 Å². The smallest absolute Gasteiger partial charge is 0.240 e. The molecule has 0 amide bonds. The van der Waals surface area contributed by atoms with E-state index in [0.29, 0.717) is 12.4 Å². The molecule has 5 nitrogen and oxygen atoms in total. The SMILES string of the molecule is CCOc1ccc(S(=O)(=O)NCc2nc3ccccc3s2)cc1. The van der Waals surface area contributed by atoms with Gasteiger partial charge in [-0.1, -0.05) is 12.1 Å². The number of hydrogen-bond acceptors (Lipinski definition) is 5. The lowest BCUT2D eigenvalue weighted by Crippen LogP contribution is -2.23. The van der Waals surface area contributed by atoms with Crippen molar-refractivity contribution < 1.29 is 13.2 Å². The van der Waals surface area contributed by atoms with Crippen LogP contribution in [0.5, 0.6) is 5.75 Å². The average Bonchev–Trinajstić information content (AvgIpc) is 2.97. The maximum absolute atomic E-state index is 12.3. The predicted molar refractivity (Wildman–Crippen MR) is 91.3 cm³/mol. The van der Waals surface area contributed by atoms with Crippen molar-refractivity contribution in [2.45, 2.75) is 18.4 Å². The molecule has 0 radical (unpaired) electrons. The number of sulfonamides is 1. The van der Waals surface area contributed by atoms with Crippen LogP contribution in [0.3, 0.4) is 0 Å². The Bertz CT molecular complexity index is 869. The molecule has 0 aliphatic carbocycles. The number of rotatable bonds is 6. The minimum atomic E-state index is -3.57. The summed E-state index contributed by atoms with van der Waals surface area (Å²) in [6, 6.07) is 14.1. The van der Waals surface area contributed by atoms with Gasteiger partial charge in [0.05, 0.1) is 28.3 Å². The fourth-order valence-corrected chi connectivity index (χ4v) is 4.10. The number of nitrogens with zero attached hydrogens (tertiary/aromatic N) is 1. The van der Waals surface area contributed by atoms with Crippen molar-refractivity contribution in [3.63, 3.8) is 0 Å². The van der Waals surface area contributed by atoms with Gasteiger partial charge >= 0.3 is 0 Å². The highest BCUT2D eigenvalue weighted by molar-refractivity contribution is 7.89. The van der Waals surface area contributed by atoms with E-state index in [1.54, 1.807) is 12.1 Å². The van der Waals surface area contributed by atoms with E-state index in [0.717, 1.165) is 15.2 Å². The number of para-hydroxylation sites is 1. The lowest BCUT2D eigenvalue weighted by Gasteiger charge is -2.07. The highest BCUT2D eigenvalue weighted by atomic mass is 32.2. The van der Waals surface area contributed by atoms with Crippen LogP contribution in [0.15, 0.2) is 53.4 Å². The van der Waals surface area contributed by atoms with Gasteiger partial charge in [0.1, 0.15) is 10.8 Å². The number of ether oxygens (including phenoxy) is 1. The average molecular weight is 348 g/mol. The first-order valence-electron chi connectivity index (χ1n) is 7.15. The molecule has 0 aliphatic rings. The van der Waals surface area contributed by atoms with E-state index in [1.807, 2.05) is 31.2 Å². The fourth-order valence-electron chi connectivity index (χ4n) is 2.12. The van der Waals surface area contributed by atoms with Gasteiger partial charge in [0.15, 0.2) is 0 Å². The molecular formula is C16H16N2O3S2. The van der Waals surface area contributed by atoms with Crippen molar-refractivity contribution in [3.05, 3.63) is 53.5 Å². The van der Waals surface area contributed by atoms with E-state index in [1.165, 1.54) is 23.5 Å². The molecule has 0 unspecified atom stereocenters. The van der Waals surface area contributed by atoms with Crippen LogP contribution in [-0.2, 0) is 16.6 Å². The molecule has 1 aromatic heterocycles. The van der Waals surface area contributed by atoms with Gasteiger partial charge in [0.2, 0.25) is 10.0 Å². The number of nitrogens with one attached hydrogen (secondary N) is 1. The molecule has 120 valence electrons.